The third-order valence-corrected chi connectivity index (χ3v) is 3.23. The molecule has 1 aromatic rings. The Labute approximate surface area is 118 Å². The minimum absolute atomic E-state index is 0.787. The van der Waals surface area contributed by atoms with Gasteiger partial charge in [0.1, 0.15) is 0 Å². The zero-order valence-corrected chi connectivity index (χ0v) is 12.8. The van der Waals surface area contributed by atoms with Crippen molar-refractivity contribution in [1.82, 2.24) is 5.32 Å². The van der Waals surface area contributed by atoms with Crippen LogP contribution in [0, 0.1) is 6.92 Å². The molecule has 0 radical (unpaired) electrons. The molecule has 0 aliphatic heterocycles. The Morgan fingerprint density at radius 3 is 2.63 bits per heavy atom. The zero-order valence-electron chi connectivity index (χ0n) is 12.8. The quantitative estimate of drug-likeness (QED) is 0.694. The van der Waals surface area contributed by atoms with Gasteiger partial charge in [0.15, 0.2) is 0 Å². The molecule has 0 spiro atoms. The van der Waals surface area contributed by atoms with Crippen LogP contribution in [-0.2, 0) is 11.3 Å². The van der Waals surface area contributed by atoms with Gasteiger partial charge in [0.25, 0.3) is 0 Å². The van der Waals surface area contributed by atoms with Gasteiger partial charge in [0.2, 0.25) is 0 Å². The van der Waals surface area contributed by atoms with Crippen LogP contribution in [0.25, 0.3) is 0 Å². The predicted molar refractivity (Wildman–Crippen MR) is 82.9 cm³/mol. The van der Waals surface area contributed by atoms with Gasteiger partial charge in [-0.15, -0.1) is 0 Å². The van der Waals surface area contributed by atoms with E-state index in [0.717, 1.165) is 39.4 Å². The fourth-order valence-electron chi connectivity index (χ4n) is 2.19. The van der Waals surface area contributed by atoms with Crippen molar-refractivity contribution < 1.29 is 4.74 Å². The number of benzene rings is 1. The molecule has 0 heterocycles. The molecule has 108 valence electrons. The molecule has 1 aromatic carbocycles. The fourth-order valence-corrected chi connectivity index (χ4v) is 2.19. The van der Waals surface area contributed by atoms with E-state index in [1.54, 1.807) is 0 Å². The first-order chi connectivity index (χ1) is 9.22. The average Bonchev–Trinajstić information content (AvgIpc) is 2.42. The summed E-state index contributed by atoms with van der Waals surface area (Å²) in [6.45, 7) is 14.0. The van der Waals surface area contributed by atoms with Crippen molar-refractivity contribution in [3.05, 3.63) is 29.3 Å². The first kappa shape index (κ1) is 16.0. The zero-order chi connectivity index (χ0) is 14.1. The van der Waals surface area contributed by atoms with Crippen LogP contribution < -0.4 is 10.2 Å². The number of ether oxygens (including phenoxy) is 1. The molecule has 0 atom stereocenters. The van der Waals surface area contributed by atoms with Crippen molar-refractivity contribution in [3.63, 3.8) is 0 Å². The molecule has 0 saturated heterocycles. The van der Waals surface area contributed by atoms with E-state index >= 15 is 0 Å². The number of likely N-dealkylation sites (N-methyl/N-ethyl adjacent to an activating group) is 1. The first-order valence-corrected chi connectivity index (χ1v) is 7.35. The van der Waals surface area contributed by atoms with Gasteiger partial charge in [-0.1, -0.05) is 24.6 Å². The number of anilines is 1. The third kappa shape index (κ3) is 5.21. The van der Waals surface area contributed by atoms with Gasteiger partial charge in [0, 0.05) is 31.9 Å². The second kappa shape index (κ2) is 8.94. The number of nitrogens with one attached hydrogen (secondary N) is 1. The second-order valence-corrected chi connectivity index (χ2v) is 4.69. The Bertz CT molecular complexity index is 366. The third-order valence-electron chi connectivity index (χ3n) is 3.23. The van der Waals surface area contributed by atoms with Crippen molar-refractivity contribution in [2.75, 3.05) is 37.7 Å². The molecule has 1 rings (SSSR count). The molecule has 19 heavy (non-hydrogen) atoms. The summed E-state index contributed by atoms with van der Waals surface area (Å²) in [5.41, 5.74) is 4.02. The van der Waals surface area contributed by atoms with Crippen molar-refractivity contribution in [1.29, 1.82) is 0 Å². The maximum absolute atomic E-state index is 5.47. The monoisotopic (exact) mass is 264 g/mol. The summed E-state index contributed by atoms with van der Waals surface area (Å²) in [5.74, 6) is 0. The van der Waals surface area contributed by atoms with Crippen molar-refractivity contribution in [2.45, 2.75) is 34.2 Å². The molecule has 0 fully saturated rings. The van der Waals surface area contributed by atoms with Gasteiger partial charge < -0.3 is 15.0 Å². The maximum atomic E-state index is 5.47. The van der Waals surface area contributed by atoms with Gasteiger partial charge in [0.05, 0.1) is 6.61 Å². The molecule has 0 aromatic heterocycles. The Balaban J connectivity index is 2.81. The predicted octanol–water partition coefficient (Wildman–Crippen LogP) is 2.97. The smallest absolute Gasteiger partial charge is 0.0641 e. The molecular formula is C16H28N2O. The summed E-state index contributed by atoms with van der Waals surface area (Å²) in [4.78, 5) is 2.39. The molecule has 0 saturated carbocycles. The molecule has 0 amide bonds. The largest absolute Gasteiger partial charge is 0.380 e. The highest BCUT2D eigenvalue weighted by Crippen LogP contribution is 2.22. The van der Waals surface area contributed by atoms with E-state index in [4.69, 9.17) is 4.74 Å². The minimum Gasteiger partial charge on any atom is -0.380 e. The molecule has 0 bridgehead atoms. The van der Waals surface area contributed by atoms with E-state index in [-0.39, 0.29) is 0 Å². The van der Waals surface area contributed by atoms with E-state index in [1.807, 2.05) is 6.92 Å². The summed E-state index contributed by atoms with van der Waals surface area (Å²) >= 11 is 0. The Hall–Kier alpha value is -1.06. The second-order valence-electron chi connectivity index (χ2n) is 4.69. The molecule has 3 heteroatoms. The van der Waals surface area contributed by atoms with Crippen molar-refractivity contribution in [3.8, 4) is 0 Å². The summed E-state index contributed by atoms with van der Waals surface area (Å²) in [5, 5.41) is 3.42. The summed E-state index contributed by atoms with van der Waals surface area (Å²) in [6.07, 6.45) is 0. The lowest BCUT2D eigenvalue weighted by Gasteiger charge is -2.26. The van der Waals surface area contributed by atoms with E-state index < -0.39 is 0 Å². The number of rotatable bonds is 9. The maximum Gasteiger partial charge on any atom is 0.0641 e. The van der Waals surface area contributed by atoms with Gasteiger partial charge in [-0.05, 0) is 38.9 Å². The number of hydrogen-bond donors (Lipinski definition) is 1. The molecular weight excluding hydrogens is 236 g/mol. The van der Waals surface area contributed by atoms with Gasteiger partial charge >= 0.3 is 0 Å². The van der Waals surface area contributed by atoms with Crippen molar-refractivity contribution >= 4 is 5.69 Å². The van der Waals surface area contributed by atoms with Crippen LogP contribution in [0.1, 0.15) is 31.9 Å². The molecule has 0 aliphatic carbocycles. The normalized spacial score (nSPS) is 10.7. The van der Waals surface area contributed by atoms with E-state index in [1.165, 1.54) is 16.8 Å². The van der Waals surface area contributed by atoms with Gasteiger partial charge in [-0.25, -0.2) is 0 Å². The standard InChI is InChI=1S/C16H28N2O/c1-5-17-13-15-12-14(4)8-9-16(15)18(6-2)10-11-19-7-3/h8-9,12,17H,5-7,10-11,13H2,1-4H3. The molecule has 1 N–H and O–H groups in total. The Morgan fingerprint density at radius 2 is 2.00 bits per heavy atom. The summed E-state index contributed by atoms with van der Waals surface area (Å²) in [7, 11) is 0. The lowest BCUT2D eigenvalue weighted by molar-refractivity contribution is 0.154. The van der Waals surface area contributed by atoms with Crippen molar-refractivity contribution in [2.24, 2.45) is 0 Å². The first-order valence-electron chi connectivity index (χ1n) is 7.35. The average molecular weight is 264 g/mol. The summed E-state index contributed by atoms with van der Waals surface area (Å²) < 4.78 is 5.47. The minimum atomic E-state index is 0.787. The Kier molecular flexibility index (Phi) is 7.53. The molecule has 3 nitrogen and oxygen atoms in total. The van der Waals surface area contributed by atoms with Crippen LogP contribution in [0.3, 0.4) is 0 Å². The lowest BCUT2D eigenvalue weighted by atomic mass is 10.1. The highest BCUT2D eigenvalue weighted by molar-refractivity contribution is 5.55. The fraction of sp³-hybridized carbons (Fsp3) is 0.625. The highest BCUT2D eigenvalue weighted by Gasteiger charge is 2.09. The van der Waals surface area contributed by atoms with Crippen LogP contribution in [-0.4, -0.2) is 32.8 Å². The van der Waals surface area contributed by atoms with Crippen LogP contribution in [0.2, 0.25) is 0 Å². The highest BCUT2D eigenvalue weighted by atomic mass is 16.5. The van der Waals surface area contributed by atoms with Crippen LogP contribution in [0.4, 0.5) is 5.69 Å². The molecule has 0 unspecified atom stereocenters. The topological polar surface area (TPSA) is 24.5 Å². The van der Waals surface area contributed by atoms with E-state index in [9.17, 15) is 0 Å². The van der Waals surface area contributed by atoms with E-state index in [2.05, 4.69) is 49.2 Å². The Morgan fingerprint density at radius 1 is 1.21 bits per heavy atom. The summed E-state index contributed by atoms with van der Waals surface area (Å²) in [6, 6.07) is 6.70. The number of hydrogen-bond acceptors (Lipinski definition) is 3. The van der Waals surface area contributed by atoms with Crippen LogP contribution in [0.5, 0.6) is 0 Å². The number of nitrogens with zero attached hydrogens (tertiary/aromatic N) is 1. The van der Waals surface area contributed by atoms with Crippen LogP contribution in [0.15, 0.2) is 18.2 Å². The lowest BCUT2D eigenvalue weighted by Crippen LogP contribution is -2.29. The van der Waals surface area contributed by atoms with Crippen LogP contribution >= 0.6 is 0 Å². The SMILES string of the molecule is CCNCc1cc(C)ccc1N(CC)CCOCC. The number of aryl methyl sites for hydroxylation is 1. The van der Waals surface area contributed by atoms with E-state index in [0.29, 0.717) is 0 Å². The molecule has 0 aliphatic rings. The van der Waals surface area contributed by atoms with Gasteiger partial charge in [-0.3, -0.25) is 0 Å². The van der Waals surface area contributed by atoms with Gasteiger partial charge in [-0.2, -0.15) is 0 Å².